The Morgan fingerprint density at radius 1 is 1.14 bits per heavy atom. The number of hydrogen-bond acceptors (Lipinski definition) is 4. The summed E-state index contributed by atoms with van der Waals surface area (Å²) in [6.45, 7) is 0. The van der Waals surface area contributed by atoms with Crippen LogP contribution in [0.1, 0.15) is 53.6 Å². The number of rotatable bonds is 5. The van der Waals surface area contributed by atoms with Crippen molar-refractivity contribution in [3.05, 3.63) is 65.4 Å². The quantitative estimate of drug-likeness (QED) is 0.563. The summed E-state index contributed by atoms with van der Waals surface area (Å²) in [6.07, 6.45) is 10.1. The minimum absolute atomic E-state index is 0.0668. The first-order valence-corrected chi connectivity index (χ1v) is 11.4. The number of carbonyl (C=O) groups excluding carboxylic acids is 1. The topological polar surface area (TPSA) is 62.2 Å². The molecule has 0 radical (unpaired) electrons. The lowest BCUT2D eigenvalue weighted by Gasteiger charge is -2.23. The van der Waals surface area contributed by atoms with Crippen LogP contribution in [0.3, 0.4) is 0 Å². The predicted octanol–water partition coefficient (Wildman–Crippen LogP) is 5.32. The van der Waals surface area contributed by atoms with Crippen LogP contribution in [-0.2, 0) is 6.42 Å². The number of thioether (sulfide) groups is 1. The van der Waals surface area contributed by atoms with Gasteiger partial charge in [0.15, 0.2) is 0 Å². The summed E-state index contributed by atoms with van der Waals surface area (Å²) in [6, 6.07) is 13.9. The van der Waals surface area contributed by atoms with Gasteiger partial charge >= 0.3 is 0 Å². The number of phenols is 1. The summed E-state index contributed by atoms with van der Waals surface area (Å²) in [5, 5.41) is 16.7. The molecule has 1 amide bonds. The summed E-state index contributed by atoms with van der Waals surface area (Å²) < 4.78 is 0. The summed E-state index contributed by atoms with van der Waals surface area (Å²) in [5.41, 5.74) is 2.53. The molecule has 1 fully saturated rings. The van der Waals surface area contributed by atoms with E-state index in [4.69, 9.17) is 0 Å². The maximum atomic E-state index is 13.0. The van der Waals surface area contributed by atoms with E-state index in [1.807, 2.05) is 48.9 Å². The van der Waals surface area contributed by atoms with E-state index in [-0.39, 0.29) is 17.7 Å². The van der Waals surface area contributed by atoms with Crippen molar-refractivity contribution in [1.29, 1.82) is 0 Å². The Bertz CT molecular complexity index is 1030. The molecular weight excluding hydrogens is 380 g/mol. The maximum Gasteiger partial charge on any atom is 0.255 e. The van der Waals surface area contributed by atoms with Gasteiger partial charge in [0.05, 0.1) is 10.6 Å². The molecule has 4 rings (SSSR count). The van der Waals surface area contributed by atoms with Crippen LogP contribution in [0, 0.1) is 0 Å². The lowest BCUT2D eigenvalue weighted by molar-refractivity contribution is 0.0925. The number of nitrogens with one attached hydrogen (secondary N) is 1. The highest BCUT2D eigenvalue weighted by Gasteiger charge is 2.21. The van der Waals surface area contributed by atoms with E-state index >= 15 is 0 Å². The molecule has 0 saturated heterocycles. The van der Waals surface area contributed by atoms with Crippen LogP contribution in [0.4, 0.5) is 0 Å². The zero-order valence-electron chi connectivity index (χ0n) is 16.6. The third kappa shape index (κ3) is 4.40. The molecular formula is C24H26N2O2S. The number of benzene rings is 2. The third-order valence-corrected chi connectivity index (χ3v) is 6.33. The molecule has 0 atom stereocenters. The van der Waals surface area contributed by atoms with Crippen molar-refractivity contribution in [2.24, 2.45) is 0 Å². The summed E-state index contributed by atoms with van der Waals surface area (Å²) in [7, 11) is 0. The van der Waals surface area contributed by atoms with E-state index < -0.39 is 0 Å². The molecule has 0 aliphatic heterocycles. The highest BCUT2D eigenvalue weighted by atomic mass is 32.2. The Kier molecular flexibility index (Phi) is 6.05. The summed E-state index contributed by atoms with van der Waals surface area (Å²) in [5.74, 6) is -0.113. The van der Waals surface area contributed by atoms with Crippen molar-refractivity contribution in [2.45, 2.75) is 49.6 Å². The van der Waals surface area contributed by atoms with Crippen molar-refractivity contribution < 1.29 is 9.90 Å². The molecule has 2 N–H and O–H groups in total. The van der Waals surface area contributed by atoms with E-state index in [1.54, 1.807) is 11.8 Å². The average molecular weight is 407 g/mol. The number of fused-ring (bicyclic) bond motifs is 1. The molecule has 0 bridgehead atoms. The molecule has 4 nitrogen and oxygen atoms in total. The van der Waals surface area contributed by atoms with Gasteiger partial charge in [-0.25, -0.2) is 4.98 Å². The lowest BCUT2D eigenvalue weighted by atomic mass is 9.93. The van der Waals surface area contributed by atoms with Gasteiger partial charge in [0.25, 0.3) is 5.91 Å². The molecule has 0 unspecified atom stereocenters. The molecule has 5 heteroatoms. The molecule has 3 aromatic rings. The van der Waals surface area contributed by atoms with Crippen molar-refractivity contribution in [1.82, 2.24) is 10.3 Å². The highest BCUT2D eigenvalue weighted by Crippen LogP contribution is 2.33. The fourth-order valence-electron chi connectivity index (χ4n) is 4.16. The molecule has 2 aromatic carbocycles. The monoisotopic (exact) mass is 406 g/mol. The van der Waals surface area contributed by atoms with Crippen LogP contribution in [0.2, 0.25) is 0 Å². The number of carbonyl (C=O) groups is 1. The average Bonchev–Trinajstić information content (AvgIpc) is 2.76. The number of aromatic nitrogens is 1. The second-order valence-corrected chi connectivity index (χ2v) is 8.50. The first kappa shape index (κ1) is 19.8. The van der Waals surface area contributed by atoms with Crippen molar-refractivity contribution in [2.75, 3.05) is 6.26 Å². The fraction of sp³-hybridized carbons (Fsp3) is 0.333. The van der Waals surface area contributed by atoms with Gasteiger partial charge in [-0.2, -0.15) is 0 Å². The number of phenolic OH excluding ortho intramolecular Hbond substituents is 1. The maximum absolute atomic E-state index is 13.0. The molecule has 150 valence electrons. The van der Waals surface area contributed by atoms with Crippen LogP contribution >= 0.6 is 11.8 Å². The van der Waals surface area contributed by atoms with Gasteiger partial charge in [0.2, 0.25) is 0 Å². The minimum Gasteiger partial charge on any atom is -0.506 e. The number of aromatic hydroxyl groups is 1. The van der Waals surface area contributed by atoms with Gasteiger partial charge in [-0.05, 0) is 60.2 Å². The number of nitrogens with zero attached hydrogens (tertiary/aromatic N) is 1. The van der Waals surface area contributed by atoms with Gasteiger partial charge in [-0.1, -0.05) is 43.5 Å². The second-order valence-electron chi connectivity index (χ2n) is 7.67. The van der Waals surface area contributed by atoms with E-state index in [2.05, 4.69) is 16.4 Å². The minimum atomic E-state index is -0.180. The van der Waals surface area contributed by atoms with E-state index in [0.717, 1.165) is 52.6 Å². The van der Waals surface area contributed by atoms with E-state index in [0.29, 0.717) is 12.0 Å². The van der Waals surface area contributed by atoms with Gasteiger partial charge in [-0.3, -0.25) is 4.79 Å². The zero-order valence-corrected chi connectivity index (χ0v) is 17.5. The smallest absolute Gasteiger partial charge is 0.255 e. The zero-order chi connectivity index (χ0) is 20.2. The SMILES string of the molecule is CSc1cc(Cc2cc(C(=O)NC3CCCCC3)c(O)c3ccccc23)ccn1. The standard InChI is InChI=1S/C24H26N2O2S/c1-29-22-14-16(11-12-25-22)13-17-15-21(23(27)20-10-6-5-9-19(17)20)24(28)26-18-7-3-2-4-8-18/h5-6,9-12,14-15,18,27H,2-4,7-8,13H2,1H3,(H,26,28). The Morgan fingerprint density at radius 2 is 1.90 bits per heavy atom. The van der Waals surface area contributed by atoms with Crippen LogP contribution < -0.4 is 5.32 Å². The van der Waals surface area contributed by atoms with E-state index in [9.17, 15) is 9.90 Å². The van der Waals surface area contributed by atoms with Crippen LogP contribution in [0.5, 0.6) is 5.75 Å². The first-order valence-electron chi connectivity index (χ1n) is 10.2. The number of pyridine rings is 1. The van der Waals surface area contributed by atoms with Crippen molar-refractivity contribution in [3.63, 3.8) is 0 Å². The second kappa shape index (κ2) is 8.87. The van der Waals surface area contributed by atoms with Crippen molar-refractivity contribution >= 4 is 28.4 Å². The Labute approximate surface area is 175 Å². The predicted molar refractivity (Wildman–Crippen MR) is 119 cm³/mol. The molecule has 0 spiro atoms. The Hall–Kier alpha value is -2.53. The van der Waals surface area contributed by atoms with Gasteiger partial charge in [0, 0.05) is 17.6 Å². The van der Waals surface area contributed by atoms with E-state index in [1.165, 1.54) is 6.42 Å². The molecule has 1 aliphatic rings. The largest absolute Gasteiger partial charge is 0.506 e. The van der Waals surface area contributed by atoms with Gasteiger partial charge in [-0.15, -0.1) is 11.8 Å². The molecule has 1 heterocycles. The Balaban J connectivity index is 1.71. The van der Waals surface area contributed by atoms with Crippen LogP contribution in [-0.4, -0.2) is 28.3 Å². The third-order valence-electron chi connectivity index (χ3n) is 5.69. The molecule has 29 heavy (non-hydrogen) atoms. The van der Waals surface area contributed by atoms with Gasteiger partial charge < -0.3 is 10.4 Å². The number of amides is 1. The summed E-state index contributed by atoms with van der Waals surface area (Å²) >= 11 is 1.61. The molecule has 1 aliphatic carbocycles. The molecule has 1 aromatic heterocycles. The number of hydrogen-bond donors (Lipinski definition) is 2. The first-order chi connectivity index (χ1) is 14.2. The van der Waals surface area contributed by atoms with Gasteiger partial charge in [0.1, 0.15) is 5.75 Å². The molecule has 1 saturated carbocycles. The fourth-order valence-corrected chi connectivity index (χ4v) is 4.59. The highest BCUT2D eigenvalue weighted by molar-refractivity contribution is 7.98. The van der Waals surface area contributed by atoms with Crippen molar-refractivity contribution in [3.8, 4) is 5.75 Å². The Morgan fingerprint density at radius 3 is 2.66 bits per heavy atom. The van der Waals surface area contributed by atoms with Crippen LogP contribution in [0.25, 0.3) is 10.8 Å². The normalized spacial score (nSPS) is 14.8. The van der Waals surface area contributed by atoms with Crippen LogP contribution in [0.15, 0.2) is 53.7 Å². The summed E-state index contributed by atoms with van der Waals surface area (Å²) in [4.78, 5) is 17.3. The lowest BCUT2D eigenvalue weighted by Crippen LogP contribution is -2.36.